The molecule has 1 unspecified atom stereocenters. The largest absolute Gasteiger partial charge is 0.206 e. The molecule has 0 spiro atoms. The molecule has 0 nitrogen and oxygen atoms in total. The van der Waals surface area contributed by atoms with Crippen LogP contribution in [0, 0.1) is 29.1 Å². The third-order valence-corrected chi connectivity index (χ3v) is 6.21. The predicted molar refractivity (Wildman–Crippen MR) is 111 cm³/mol. The standard InChI is InChI=1S/C26H23F5/c1-2-3-5-15-8-10-16(11-9-15)17-12-13-18-20(14-17)25(30)26(31)22(24(18)29)19-6-4-7-21(27)23(19)28/h4,6-11,17H,2-3,5,12-14H2,1H3. The summed E-state index contributed by atoms with van der Waals surface area (Å²) < 4.78 is 72.8. The summed E-state index contributed by atoms with van der Waals surface area (Å²) >= 11 is 0. The van der Waals surface area contributed by atoms with Gasteiger partial charge in [-0.2, -0.15) is 0 Å². The van der Waals surface area contributed by atoms with E-state index in [2.05, 4.69) is 6.92 Å². The number of halogens is 5. The van der Waals surface area contributed by atoms with Gasteiger partial charge in [-0.15, -0.1) is 0 Å². The average molecular weight is 430 g/mol. The van der Waals surface area contributed by atoms with Crippen LogP contribution in [0.15, 0.2) is 42.5 Å². The number of rotatable bonds is 5. The molecule has 1 aliphatic rings. The molecule has 0 radical (unpaired) electrons. The summed E-state index contributed by atoms with van der Waals surface area (Å²) in [5.41, 5.74) is 0.821. The molecular formula is C26H23F5. The summed E-state index contributed by atoms with van der Waals surface area (Å²) in [6.07, 6.45) is 4.14. The molecular weight excluding hydrogens is 407 g/mol. The van der Waals surface area contributed by atoms with Crippen molar-refractivity contribution in [2.75, 3.05) is 0 Å². The molecule has 1 atom stereocenters. The molecule has 0 aliphatic heterocycles. The SMILES string of the molecule is CCCCc1ccc(C2CCc3c(F)c(-c4cccc(F)c4F)c(F)c(F)c3C2)cc1. The van der Waals surface area contributed by atoms with E-state index >= 15 is 4.39 Å². The Kier molecular flexibility index (Phi) is 6.12. The predicted octanol–water partition coefficient (Wildman–Crippen LogP) is 7.66. The Balaban J connectivity index is 1.69. The average Bonchev–Trinajstić information content (AvgIpc) is 2.79. The first kappa shape index (κ1) is 21.5. The van der Waals surface area contributed by atoms with Crippen molar-refractivity contribution in [1.29, 1.82) is 0 Å². The van der Waals surface area contributed by atoms with Crippen molar-refractivity contribution in [3.63, 3.8) is 0 Å². The fraction of sp³-hybridized carbons (Fsp3) is 0.308. The molecule has 0 amide bonds. The van der Waals surface area contributed by atoms with Crippen molar-refractivity contribution >= 4 is 0 Å². The second kappa shape index (κ2) is 8.81. The maximum atomic E-state index is 15.2. The molecule has 0 heterocycles. The molecule has 0 bridgehead atoms. The van der Waals surface area contributed by atoms with Gasteiger partial charge in [0.1, 0.15) is 5.82 Å². The molecule has 5 heteroatoms. The maximum absolute atomic E-state index is 15.2. The molecule has 3 aromatic rings. The van der Waals surface area contributed by atoms with Gasteiger partial charge in [0.05, 0.1) is 5.56 Å². The Morgan fingerprint density at radius 3 is 2.26 bits per heavy atom. The zero-order valence-corrected chi connectivity index (χ0v) is 17.3. The zero-order valence-electron chi connectivity index (χ0n) is 17.3. The Morgan fingerprint density at radius 2 is 1.55 bits per heavy atom. The van der Waals surface area contributed by atoms with E-state index in [1.165, 1.54) is 5.56 Å². The smallest absolute Gasteiger partial charge is 0.169 e. The normalized spacial score (nSPS) is 15.7. The van der Waals surface area contributed by atoms with E-state index in [1.807, 2.05) is 24.3 Å². The topological polar surface area (TPSA) is 0 Å². The highest BCUT2D eigenvalue weighted by Gasteiger charge is 2.32. The number of hydrogen-bond donors (Lipinski definition) is 0. The minimum absolute atomic E-state index is 0.0122. The first-order valence-corrected chi connectivity index (χ1v) is 10.6. The highest BCUT2D eigenvalue weighted by molar-refractivity contribution is 5.68. The van der Waals surface area contributed by atoms with Crippen molar-refractivity contribution < 1.29 is 22.0 Å². The molecule has 4 rings (SSSR count). The van der Waals surface area contributed by atoms with Crippen LogP contribution >= 0.6 is 0 Å². The Morgan fingerprint density at radius 1 is 0.806 bits per heavy atom. The molecule has 1 aliphatic carbocycles. The van der Waals surface area contributed by atoms with E-state index in [-0.39, 0.29) is 29.9 Å². The molecule has 0 fully saturated rings. The summed E-state index contributed by atoms with van der Waals surface area (Å²) in [5.74, 6) is -6.35. The molecule has 0 saturated heterocycles. The first-order valence-electron chi connectivity index (χ1n) is 10.6. The van der Waals surface area contributed by atoms with Crippen molar-refractivity contribution in [2.24, 2.45) is 0 Å². The highest BCUT2D eigenvalue weighted by Crippen LogP contribution is 2.41. The van der Waals surface area contributed by atoms with Gasteiger partial charge in [-0.25, -0.2) is 22.0 Å². The van der Waals surface area contributed by atoms with Gasteiger partial charge in [0.15, 0.2) is 23.3 Å². The van der Waals surface area contributed by atoms with Crippen LogP contribution in [-0.2, 0) is 19.3 Å². The van der Waals surface area contributed by atoms with Gasteiger partial charge in [0.25, 0.3) is 0 Å². The van der Waals surface area contributed by atoms with Crippen molar-refractivity contribution in [2.45, 2.75) is 51.4 Å². The van der Waals surface area contributed by atoms with Crippen LogP contribution in [0.4, 0.5) is 22.0 Å². The van der Waals surface area contributed by atoms with Crippen molar-refractivity contribution in [3.05, 3.63) is 93.8 Å². The van der Waals surface area contributed by atoms with Gasteiger partial charge in [-0.05, 0) is 66.3 Å². The van der Waals surface area contributed by atoms with Crippen LogP contribution in [-0.4, -0.2) is 0 Å². The third kappa shape index (κ3) is 3.98. The van der Waals surface area contributed by atoms with Gasteiger partial charge < -0.3 is 0 Å². The minimum Gasteiger partial charge on any atom is -0.206 e. The fourth-order valence-corrected chi connectivity index (χ4v) is 4.45. The van der Waals surface area contributed by atoms with Gasteiger partial charge >= 0.3 is 0 Å². The molecule has 3 aromatic carbocycles. The zero-order chi connectivity index (χ0) is 22.1. The lowest BCUT2D eigenvalue weighted by molar-refractivity contribution is 0.456. The quantitative estimate of drug-likeness (QED) is 0.288. The van der Waals surface area contributed by atoms with Gasteiger partial charge in [0, 0.05) is 5.56 Å². The first-order chi connectivity index (χ1) is 14.9. The summed E-state index contributed by atoms with van der Waals surface area (Å²) in [4.78, 5) is 0. The second-order valence-corrected chi connectivity index (χ2v) is 8.16. The lowest BCUT2D eigenvalue weighted by atomic mass is 9.78. The Labute approximate surface area is 178 Å². The summed E-state index contributed by atoms with van der Waals surface area (Å²) in [5, 5.41) is 0. The summed E-state index contributed by atoms with van der Waals surface area (Å²) in [7, 11) is 0. The van der Waals surface area contributed by atoms with Gasteiger partial charge in [-0.3, -0.25) is 0 Å². The number of aryl methyl sites for hydroxylation is 1. The van der Waals surface area contributed by atoms with Crippen molar-refractivity contribution in [1.82, 2.24) is 0 Å². The minimum atomic E-state index is -1.48. The number of unbranched alkanes of at least 4 members (excludes halogenated alkanes) is 1. The monoisotopic (exact) mass is 430 g/mol. The number of hydrogen-bond acceptors (Lipinski definition) is 0. The van der Waals surface area contributed by atoms with E-state index in [9.17, 15) is 17.6 Å². The number of fused-ring (bicyclic) bond motifs is 1. The summed E-state index contributed by atoms with van der Waals surface area (Å²) in [6.45, 7) is 2.13. The van der Waals surface area contributed by atoms with Gasteiger partial charge in [-0.1, -0.05) is 49.7 Å². The lowest BCUT2D eigenvalue weighted by Crippen LogP contribution is -2.18. The van der Waals surface area contributed by atoms with E-state index in [0.29, 0.717) is 6.42 Å². The Bertz CT molecular complexity index is 1100. The second-order valence-electron chi connectivity index (χ2n) is 8.16. The van der Waals surface area contributed by atoms with E-state index in [1.54, 1.807) is 0 Å². The Hall–Kier alpha value is -2.69. The third-order valence-electron chi connectivity index (χ3n) is 6.21. The lowest BCUT2D eigenvalue weighted by Gasteiger charge is -2.27. The summed E-state index contributed by atoms with van der Waals surface area (Å²) in [6, 6.07) is 11.1. The maximum Gasteiger partial charge on any atom is 0.169 e. The molecule has 31 heavy (non-hydrogen) atoms. The van der Waals surface area contributed by atoms with Crippen LogP contribution in [0.5, 0.6) is 0 Å². The van der Waals surface area contributed by atoms with Crippen molar-refractivity contribution in [3.8, 4) is 11.1 Å². The van der Waals surface area contributed by atoms with E-state index < -0.39 is 40.2 Å². The number of benzene rings is 3. The van der Waals surface area contributed by atoms with Crippen LogP contribution in [0.2, 0.25) is 0 Å². The molecule has 0 aromatic heterocycles. The van der Waals surface area contributed by atoms with Crippen LogP contribution < -0.4 is 0 Å². The van der Waals surface area contributed by atoms with Gasteiger partial charge in [0.2, 0.25) is 0 Å². The van der Waals surface area contributed by atoms with Crippen LogP contribution in [0.25, 0.3) is 11.1 Å². The molecule has 0 saturated carbocycles. The van der Waals surface area contributed by atoms with Crippen LogP contribution in [0.3, 0.4) is 0 Å². The molecule has 162 valence electrons. The van der Waals surface area contributed by atoms with E-state index in [4.69, 9.17) is 0 Å². The molecule has 0 N–H and O–H groups in total. The fourth-order valence-electron chi connectivity index (χ4n) is 4.45. The van der Waals surface area contributed by atoms with E-state index in [0.717, 1.165) is 43.0 Å². The van der Waals surface area contributed by atoms with Crippen LogP contribution in [0.1, 0.15) is 54.4 Å². The highest BCUT2D eigenvalue weighted by atomic mass is 19.2.